The predicted octanol–water partition coefficient (Wildman–Crippen LogP) is 3.54. The average Bonchev–Trinajstić information content (AvgIpc) is 2.96. The second kappa shape index (κ2) is 6.21. The summed E-state index contributed by atoms with van der Waals surface area (Å²) in [5, 5.41) is 0.910. The van der Waals surface area contributed by atoms with E-state index in [1.165, 1.54) is 0 Å². The maximum atomic E-state index is 6.02. The summed E-state index contributed by atoms with van der Waals surface area (Å²) in [7, 11) is 3.22. The van der Waals surface area contributed by atoms with Crippen molar-refractivity contribution in [1.82, 2.24) is 4.98 Å². The summed E-state index contributed by atoms with van der Waals surface area (Å²) in [4.78, 5) is 4.63. The first kappa shape index (κ1) is 14.6. The lowest BCUT2D eigenvalue weighted by Gasteiger charge is -2.08. The van der Waals surface area contributed by atoms with Crippen molar-refractivity contribution in [2.24, 2.45) is 0 Å². The molecule has 0 amide bonds. The molecule has 0 unspecified atom stereocenters. The van der Waals surface area contributed by atoms with E-state index in [1.54, 1.807) is 25.6 Å². The van der Waals surface area contributed by atoms with Gasteiger partial charge < -0.3 is 19.9 Å². The Bertz CT molecular complexity index is 801. The Labute approximate surface area is 132 Å². The molecule has 0 bridgehead atoms. The van der Waals surface area contributed by atoms with Crippen LogP contribution in [0.3, 0.4) is 0 Å². The van der Waals surface area contributed by atoms with E-state index in [9.17, 15) is 0 Å². The Morgan fingerprint density at radius 1 is 1.14 bits per heavy atom. The van der Waals surface area contributed by atoms with Crippen LogP contribution >= 0.6 is 11.3 Å². The number of nitrogens with zero attached hydrogens (tertiary/aromatic N) is 1. The van der Waals surface area contributed by atoms with Crippen molar-refractivity contribution in [3.8, 4) is 22.1 Å². The van der Waals surface area contributed by atoms with Crippen LogP contribution in [-0.4, -0.2) is 26.0 Å². The third-order valence-electron chi connectivity index (χ3n) is 3.18. The predicted molar refractivity (Wildman–Crippen MR) is 88.5 cm³/mol. The molecule has 2 aromatic carbocycles. The molecular weight excluding hydrogens is 300 g/mol. The molecule has 6 heteroatoms. The van der Waals surface area contributed by atoms with Crippen molar-refractivity contribution in [3.63, 3.8) is 0 Å². The van der Waals surface area contributed by atoms with Gasteiger partial charge in [-0.05, 0) is 36.4 Å². The molecule has 3 rings (SSSR count). The Morgan fingerprint density at radius 3 is 2.73 bits per heavy atom. The number of methoxy groups -OCH3 is 2. The highest BCUT2D eigenvalue weighted by atomic mass is 32.1. The zero-order valence-corrected chi connectivity index (χ0v) is 13.1. The highest BCUT2D eigenvalue weighted by molar-refractivity contribution is 7.21. The van der Waals surface area contributed by atoms with Crippen molar-refractivity contribution in [2.75, 3.05) is 26.7 Å². The first-order valence-electron chi connectivity index (χ1n) is 6.67. The van der Waals surface area contributed by atoms with Crippen molar-refractivity contribution in [1.29, 1.82) is 0 Å². The molecule has 0 saturated heterocycles. The summed E-state index contributed by atoms with van der Waals surface area (Å²) in [6.07, 6.45) is 0. The summed E-state index contributed by atoms with van der Waals surface area (Å²) >= 11 is 1.60. The number of hydrogen-bond acceptors (Lipinski definition) is 6. The number of ether oxygens (including phenoxy) is 3. The third-order valence-corrected chi connectivity index (χ3v) is 4.25. The molecule has 5 nitrogen and oxygen atoms in total. The fraction of sp³-hybridized carbons (Fsp3) is 0.188. The Morgan fingerprint density at radius 2 is 2.00 bits per heavy atom. The van der Waals surface area contributed by atoms with Crippen molar-refractivity contribution in [2.45, 2.75) is 0 Å². The van der Waals surface area contributed by atoms with Gasteiger partial charge in [-0.3, -0.25) is 0 Å². The molecule has 0 aliphatic rings. The van der Waals surface area contributed by atoms with Crippen molar-refractivity contribution in [3.05, 3.63) is 36.4 Å². The van der Waals surface area contributed by atoms with Crippen molar-refractivity contribution >= 4 is 27.2 Å². The number of nitrogens with two attached hydrogens (primary N) is 1. The Hall–Kier alpha value is -2.31. The van der Waals surface area contributed by atoms with Crippen LogP contribution in [0.2, 0.25) is 0 Å². The van der Waals surface area contributed by atoms with Crippen LogP contribution in [0.25, 0.3) is 20.8 Å². The molecule has 0 aliphatic heterocycles. The van der Waals surface area contributed by atoms with Gasteiger partial charge in [-0.1, -0.05) is 0 Å². The van der Waals surface area contributed by atoms with E-state index in [-0.39, 0.29) is 6.79 Å². The Kier molecular flexibility index (Phi) is 4.13. The van der Waals surface area contributed by atoms with E-state index in [1.807, 2.05) is 36.4 Å². The first-order valence-corrected chi connectivity index (χ1v) is 7.49. The lowest BCUT2D eigenvalue weighted by atomic mass is 10.2. The molecule has 2 N–H and O–H groups in total. The molecule has 114 valence electrons. The van der Waals surface area contributed by atoms with Crippen LogP contribution in [0, 0.1) is 0 Å². The molecule has 22 heavy (non-hydrogen) atoms. The molecule has 0 aliphatic carbocycles. The van der Waals surface area contributed by atoms with Gasteiger partial charge in [0.05, 0.1) is 23.0 Å². The summed E-state index contributed by atoms with van der Waals surface area (Å²) in [5.41, 5.74) is 8.48. The average molecular weight is 316 g/mol. The molecule has 3 aromatic rings. The molecule has 0 fully saturated rings. The van der Waals surface area contributed by atoms with Gasteiger partial charge in [-0.2, -0.15) is 0 Å². The van der Waals surface area contributed by atoms with Crippen LogP contribution in [0.4, 0.5) is 5.69 Å². The minimum atomic E-state index is 0.171. The maximum absolute atomic E-state index is 6.02. The van der Waals surface area contributed by atoms with Gasteiger partial charge in [-0.25, -0.2) is 4.98 Å². The first-order chi connectivity index (χ1) is 10.7. The SMILES string of the molecule is COCOc1ccc(-c2nc3ccc(OC)cc3s2)cc1N. The van der Waals surface area contributed by atoms with Gasteiger partial charge >= 0.3 is 0 Å². The van der Waals surface area contributed by atoms with Gasteiger partial charge in [0.15, 0.2) is 6.79 Å². The Balaban J connectivity index is 1.95. The molecule has 0 saturated carbocycles. The standard InChI is InChI=1S/C16H16N2O3S/c1-19-9-21-14-6-3-10(7-12(14)17)16-18-13-5-4-11(20-2)8-15(13)22-16/h3-8H,9,17H2,1-2H3. The number of benzene rings is 2. The number of anilines is 1. The molecule has 1 heterocycles. The topological polar surface area (TPSA) is 66.6 Å². The van der Waals surface area contributed by atoms with Crippen LogP contribution in [0.15, 0.2) is 36.4 Å². The van der Waals surface area contributed by atoms with Crippen molar-refractivity contribution < 1.29 is 14.2 Å². The second-order valence-corrected chi connectivity index (χ2v) is 5.69. The highest BCUT2D eigenvalue weighted by Crippen LogP contribution is 2.35. The number of rotatable bonds is 5. The molecule has 0 atom stereocenters. The largest absolute Gasteiger partial charge is 0.497 e. The van der Waals surface area contributed by atoms with Crippen LogP contribution in [0.5, 0.6) is 11.5 Å². The molecule has 1 aromatic heterocycles. The van der Waals surface area contributed by atoms with Crippen LogP contribution in [0.1, 0.15) is 0 Å². The van der Waals surface area contributed by atoms with E-state index in [0.29, 0.717) is 11.4 Å². The monoisotopic (exact) mass is 316 g/mol. The van der Waals surface area contributed by atoms with E-state index >= 15 is 0 Å². The minimum Gasteiger partial charge on any atom is -0.497 e. The lowest BCUT2D eigenvalue weighted by molar-refractivity contribution is 0.0517. The van der Waals surface area contributed by atoms with E-state index in [4.69, 9.17) is 19.9 Å². The van der Waals surface area contributed by atoms with Gasteiger partial charge in [0, 0.05) is 12.7 Å². The number of fused-ring (bicyclic) bond motifs is 1. The van der Waals surface area contributed by atoms with Gasteiger partial charge in [-0.15, -0.1) is 11.3 Å². The summed E-state index contributed by atoms with van der Waals surface area (Å²) in [6, 6.07) is 11.5. The van der Waals surface area contributed by atoms with Crippen LogP contribution < -0.4 is 15.2 Å². The molecular formula is C16H16N2O3S. The van der Waals surface area contributed by atoms with Crippen LogP contribution in [-0.2, 0) is 4.74 Å². The smallest absolute Gasteiger partial charge is 0.188 e. The second-order valence-electron chi connectivity index (χ2n) is 4.66. The van der Waals surface area contributed by atoms with Gasteiger partial charge in [0.2, 0.25) is 0 Å². The zero-order valence-electron chi connectivity index (χ0n) is 12.3. The lowest BCUT2D eigenvalue weighted by Crippen LogP contribution is -2.01. The summed E-state index contributed by atoms with van der Waals surface area (Å²) in [5.74, 6) is 1.43. The normalized spacial score (nSPS) is 10.8. The number of hydrogen-bond donors (Lipinski definition) is 1. The molecule has 0 spiro atoms. The number of thiazole rings is 1. The maximum Gasteiger partial charge on any atom is 0.188 e. The summed E-state index contributed by atoms with van der Waals surface area (Å²) < 4.78 is 16.6. The minimum absolute atomic E-state index is 0.171. The van der Waals surface area contributed by atoms with Gasteiger partial charge in [0.25, 0.3) is 0 Å². The number of nitrogen functional groups attached to an aromatic ring is 1. The molecule has 0 radical (unpaired) electrons. The third kappa shape index (κ3) is 2.84. The van der Waals surface area contributed by atoms with E-state index in [2.05, 4.69) is 4.98 Å². The fourth-order valence-electron chi connectivity index (χ4n) is 2.09. The fourth-order valence-corrected chi connectivity index (χ4v) is 3.08. The van der Waals surface area contributed by atoms with E-state index < -0.39 is 0 Å². The highest BCUT2D eigenvalue weighted by Gasteiger charge is 2.09. The van der Waals surface area contributed by atoms with E-state index in [0.717, 1.165) is 26.5 Å². The number of aromatic nitrogens is 1. The quantitative estimate of drug-likeness (QED) is 0.576. The van der Waals surface area contributed by atoms with Gasteiger partial charge in [0.1, 0.15) is 16.5 Å². The summed E-state index contributed by atoms with van der Waals surface area (Å²) in [6.45, 7) is 0.171. The zero-order chi connectivity index (χ0) is 15.5.